The SMILES string of the molecule is CN1C[C@H](NC(=O)Nc2cc3[nH]nc(-c4ccc(F)cc4)c3cn2)[C@@H](c2ccccc2)C1. The molecule has 4 aromatic rings. The van der Waals surface area contributed by atoms with Gasteiger partial charge in [-0.1, -0.05) is 30.3 Å². The molecule has 7 nitrogen and oxygen atoms in total. The third kappa shape index (κ3) is 4.04. The molecule has 2 aromatic heterocycles. The Morgan fingerprint density at radius 2 is 1.91 bits per heavy atom. The van der Waals surface area contributed by atoms with Crippen molar-refractivity contribution in [2.45, 2.75) is 12.0 Å². The number of fused-ring (bicyclic) bond motifs is 1. The maximum Gasteiger partial charge on any atom is 0.320 e. The fraction of sp³-hybridized carbons (Fsp3) is 0.208. The summed E-state index contributed by atoms with van der Waals surface area (Å²) in [5.74, 6) is 0.354. The second kappa shape index (κ2) is 8.39. The zero-order chi connectivity index (χ0) is 22.1. The average Bonchev–Trinajstić information content (AvgIpc) is 3.37. The summed E-state index contributed by atoms with van der Waals surface area (Å²) in [4.78, 5) is 19.3. The van der Waals surface area contributed by atoms with Gasteiger partial charge in [0.15, 0.2) is 0 Å². The fourth-order valence-corrected chi connectivity index (χ4v) is 4.31. The van der Waals surface area contributed by atoms with Gasteiger partial charge in [0, 0.05) is 42.2 Å². The van der Waals surface area contributed by atoms with Gasteiger partial charge in [0.25, 0.3) is 0 Å². The molecule has 3 heterocycles. The quantitative estimate of drug-likeness (QED) is 0.457. The second-order valence-electron chi connectivity index (χ2n) is 8.14. The number of halogens is 1. The first kappa shape index (κ1) is 20.1. The highest BCUT2D eigenvalue weighted by Gasteiger charge is 2.33. The van der Waals surface area contributed by atoms with E-state index in [4.69, 9.17) is 0 Å². The predicted octanol–water partition coefficient (Wildman–Crippen LogP) is 3.98. The molecular weight excluding hydrogens is 407 g/mol. The Morgan fingerprint density at radius 1 is 1.12 bits per heavy atom. The van der Waals surface area contributed by atoms with Crippen molar-refractivity contribution < 1.29 is 9.18 Å². The number of hydrogen-bond donors (Lipinski definition) is 3. The van der Waals surface area contributed by atoms with Crippen molar-refractivity contribution in [1.29, 1.82) is 0 Å². The molecule has 3 N–H and O–H groups in total. The summed E-state index contributed by atoms with van der Waals surface area (Å²) in [5.41, 5.74) is 3.42. The molecule has 1 saturated heterocycles. The van der Waals surface area contributed by atoms with Crippen LogP contribution in [0.2, 0.25) is 0 Å². The van der Waals surface area contributed by atoms with Crippen LogP contribution in [0.5, 0.6) is 0 Å². The predicted molar refractivity (Wildman–Crippen MR) is 122 cm³/mol. The van der Waals surface area contributed by atoms with Crippen LogP contribution in [0.1, 0.15) is 11.5 Å². The summed E-state index contributed by atoms with van der Waals surface area (Å²) in [6.45, 7) is 1.67. The van der Waals surface area contributed by atoms with Crippen LogP contribution in [0.4, 0.5) is 15.0 Å². The van der Waals surface area contributed by atoms with Crippen molar-refractivity contribution in [3.8, 4) is 11.3 Å². The van der Waals surface area contributed by atoms with Gasteiger partial charge in [0.05, 0.1) is 11.6 Å². The molecule has 162 valence electrons. The molecule has 5 rings (SSSR count). The highest BCUT2D eigenvalue weighted by atomic mass is 19.1. The molecule has 0 unspecified atom stereocenters. The fourth-order valence-electron chi connectivity index (χ4n) is 4.31. The van der Waals surface area contributed by atoms with E-state index >= 15 is 0 Å². The van der Waals surface area contributed by atoms with Gasteiger partial charge in [-0.25, -0.2) is 14.2 Å². The van der Waals surface area contributed by atoms with E-state index in [1.165, 1.54) is 17.7 Å². The first-order valence-corrected chi connectivity index (χ1v) is 10.5. The smallest absolute Gasteiger partial charge is 0.320 e. The highest BCUT2D eigenvalue weighted by molar-refractivity contribution is 5.95. The lowest BCUT2D eigenvalue weighted by atomic mass is 9.94. The number of hydrogen-bond acceptors (Lipinski definition) is 4. The first-order valence-electron chi connectivity index (χ1n) is 10.5. The first-order chi connectivity index (χ1) is 15.6. The van der Waals surface area contributed by atoms with Crippen LogP contribution in [0.25, 0.3) is 22.2 Å². The largest absolute Gasteiger partial charge is 0.333 e. The number of benzene rings is 2. The number of pyridine rings is 1. The summed E-state index contributed by atoms with van der Waals surface area (Å²) in [6, 6.07) is 17.8. The van der Waals surface area contributed by atoms with Gasteiger partial charge >= 0.3 is 6.03 Å². The summed E-state index contributed by atoms with van der Waals surface area (Å²) in [5, 5.41) is 14.0. The molecule has 2 atom stereocenters. The molecule has 1 aliphatic heterocycles. The number of aromatic amines is 1. The van der Waals surface area contributed by atoms with Gasteiger partial charge in [-0.3, -0.25) is 10.4 Å². The molecule has 0 aliphatic carbocycles. The minimum Gasteiger partial charge on any atom is -0.333 e. The van der Waals surface area contributed by atoms with Crippen molar-refractivity contribution in [3.63, 3.8) is 0 Å². The maximum atomic E-state index is 13.2. The Balaban J connectivity index is 1.30. The average molecular weight is 430 g/mol. The van der Waals surface area contributed by atoms with E-state index in [1.54, 1.807) is 24.4 Å². The van der Waals surface area contributed by atoms with Crippen LogP contribution in [-0.4, -0.2) is 52.3 Å². The molecule has 1 fully saturated rings. The third-order valence-corrected chi connectivity index (χ3v) is 5.85. The Morgan fingerprint density at radius 3 is 2.69 bits per heavy atom. The standard InChI is InChI=1S/C24H23FN6O/c1-31-13-19(15-5-3-2-4-6-15)21(14-31)27-24(32)28-22-11-20-18(12-26-22)23(30-29-20)16-7-9-17(25)10-8-16/h2-12,19,21H,13-14H2,1H3,(H,29,30)(H2,26,27,28,32)/t19-,21+/m1/s1. The molecule has 0 spiro atoms. The van der Waals surface area contributed by atoms with E-state index in [9.17, 15) is 9.18 Å². The summed E-state index contributed by atoms with van der Waals surface area (Å²) in [6.07, 6.45) is 1.66. The number of aromatic nitrogens is 3. The van der Waals surface area contributed by atoms with E-state index in [0.29, 0.717) is 11.5 Å². The molecule has 2 aromatic carbocycles. The van der Waals surface area contributed by atoms with E-state index in [0.717, 1.165) is 29.6 Å². The zero-order valence-corrected chi connectivity index (χ0v) is 17.5. The van der Waals surface area contributed by atoms with Gasteiger partial charge in [0.2, 0.25) is 0 Å². The van der Waals surface area contributed by atoms with Crippen LogP contribution in [0.3, 0.4) is 0 Å². The number of H-pyrrole nitrogens is 1. The summed E-state index contributed by atoms with van der Waals surface area (Å²) >= 11 is 0. The number of carbonyl (C=O) groups excluding carboxylic acids is 1. The van der Waals surface area contributed by atoms with Crippen molar-refractivity contribution in [2.24, 2.45) is 0 Å². The topological polar surface area (TPSA) is 85.9 Å². The summed E-state index contributed by atoms with van der Waals surface area (Å²) < 4.78 is 13.2. The molecule has 0 bridgehead atoms. The zero-order valence-electron chi connectivity index (χ0n) is 17.5. The highest BCUT2D eigenvalue weighted by Crippen LogP contribution is 2.28. The normalized spacial score (nSPS) is 18.7. The molecule has 0 saturated carbocycles. The van der Waals surface area contributed by atoms with E-state index in [2.05, 4.69) is 49.9 Å². The number of anilines is 1. The Bertz CT molecular complexity index is 1240. The Labute approximate surface area is 184 Å². The molecule has 0 radical (unpaired) electrons. The number of nitrogens with one attached hydrogen (secondary N) is 3. The number of urea groups is 1. The van der Waals surface area contributed by atoms with Crippen molar-refractivity contribution in [2.75, 3.05) is 25.5 Å². The van der Waals surface area contributed by atoms with Crippen LogP contribution in [0, 0.1) is 5.82 Å². The van der Waals surface area contributed by atoms with Crippen molar-refractivity contribution >= 4 is 22.8 Å². The minimum absolute atomic E-state index is 0.00312. The number of amides is 2. The lowest BCUT2D eigenvalue weighted by molar-refractivity contribution is 0.247. The van der Waals surface area contributed by atoms with Gasteiger partial charge in [0.1, 0.15) is 17.3 Å². The van der Waals surface area contributed by atoms with E-state index < -0.39 is 0 Å². The Kier molecular flexibility index (Phi) is 5.28. The monoisotopic (exact) mass is 430 g/mol. The molecular formula is C24H23FN6O. The molecule has 32 heavy (non-hydrogen) atoms. The maximum absolute atomic E-state index is 13.2. The van der Waals surface area contributed by atoms with Gasteiger partial charge in [-0.2, -0.15) is 5.10 Å². The molecule has 2 amide bonds. The second-order valence-corrected chi connectivity index (χ2v) is 8.14. The Hall–Kier alpha value is -3.78. The number of nitrogens with zero attached hydrogens (tertiary/aromatic N) is 3. The van der Waals surface area contributed by atoms with Gasteiger partial charge < -0.3 is 10.2 Å². The third-order valence-electron chi connectivity index (χ3n) is 5.85. The lowest BCUT2D eigenvalue weighted by Crippen LogP contribution is -2.42. The number of carbonyl (C=O) groups is 1. The van der Waals surface area contributed by atoms with Crippen LogP contribution in [-0.2, 0) is 0 Å². The van der Waals surface area contributed by atoms with E-state index in [-0.39, 0.29) is 23.8 Å². The minimum atomic E-state index is -0.299. The van der Waals surface area contributed by atoms with Crippen molar-refractivity contribution in [3.05, 3.63) is 78.2 Å². The summed E-state index contributed by atoms with van der Waals surface area (Å²) in [7, 11) is 2.06. The van der Waals surface area contributed by atoms with Gasteiger partial charge in [-0.05, 0) is 36.9 Å². The number of likely N-dealkylation sites (tertiary alicyclic amines) is 1. The van der Waals surface area contributed by atoms with E-state index in [1.807, 2.05) is 18.2 Å². The van der Waals surface area contributed by atoms with Crippen LogP contribution in [0.15, 0.2) is 66.9 Å². The van der Waals surface area contributed by atoms with Crippen molar-refractivity contribution in [1.82, 2.24) is 25.4 Å². The van der Waals surface area contributed by atoms with Gasteiger partial charge in [-0.15, -0.1) is 0 Å². The van der Waals surface area contributed by atoms with Crippen LogP contribution < -0.4 is 10.6 Å². The van der Waals surface area contributed by atoms with Crippen LogP contribution >= 0.6 is 0 Å². The number of rotatable bonds is 4. The lowest BCUT2D eigenvalue weighted by Gasteiger charge is -2.20. The molecule has 8 heteroatoms. The number of likely N-dealkylation sites (N-methyl/N-ethyl adjacent to an activating group) is 1. The molecule has 1 aliphatic rings.